The maximum Gasteiger partial charge on any atom is 0.407 e. The first-order valence-electron chi connectivity index (χ1n) is 7.54. The number of rotatable bonds is 6. The Morgan fingerprint density at radius 3 is 2.10 bits per heavy atom. The minimum absolute atomic E-state index is 0.0392. The number of hydrogen-bond donors (Lipinski definition) is 2. The second-order valence-corrected chi connectivity index (χ2v) is 12.7. The van der Waals surface area contributed by atoms with Crippen molar-refractivity contribution in [3.05, 3.63) is 0 Å². The average Bonchev–Trinajstić information content (AvgIpc) is 2.23. The van der Waals surface area contributed by atoms with Crippen LogP contribution in [0.15, 0.2) is 0 Å². The van der Waals surface area contributed by atoms with E-state index in [9.17, 15) is 9.90 Å². The SMILES string of the molecule is CC(C)(C)OC(=O)NCCC(CO)O[Si](C)(C)C(C)(C)C. The maximum atomic E-state index is 11.5. The molecule has 0 radical (unpaired) electrons. The molecule has 0 saturated carbocycles. The predicted molar refractivity (Wildman–Crippen MR) is 88.0 cm³/mol. The van der Waals surface area contributed by atoms with Crippen LogP contribution in [0.2, 0.25) is 18.1 Å². The Morgan fingerprint density at radius 2 is 1.71 bits per heavy atom. The molecule has 5 nitrogen and oxygen atoms in total. The molecule has 0 aliphatic heterocycles. The summed E-state index contributed by atoms with van der Waals surface area (Å²) in [7, 11) is -1.91. The summed E-state index contributed by atoms with van der Waals surface area (Å²) in [6.07, 6.45) is -0.116. The molecule has 21 heavy (non-hydrogen) atoms. The Labute approximate surface area is 130 Å². The fourth-order valence-corrected chi connectivity index (χ4v) is 2.81. The monoisotopic (exact) mass is 319 g/mol. The zero-order valence-electron chi connectivity index (χ0n) is 14.9. The highest BCUT2D eigenvalue weighted by atomic mass is 28.4. The molecule has 0 saturated heterocycles. The minimum atomic E-state index is -1.91. The van der Waals surface area contributed by atoms with E-state index in [2.05, 4.69) is 39.2 Å². The first kappa shape index (κ1) is 20.4. The third kappa shape index (κ3) is 8.43. The van der Waals surface area contributed by atoms with E-state index in [0.717, 1.165) is 0 Å². The third-order valence-electron chi connectivity index (χ3n) is 3.61. The van der Waals surface area contributed by atoms with E-state index in [1.807, 2.05) is 20.8 Å². The van der Waals surface area contributed by atoms with Crippen molar-refractivity contribution in [1.82, 2.24) is 5.32 Å². The summed E-state index contributed by atoms with van der Waals surface area (Å²) in [5, 5.41) is 12.2. The molecule has 0 spiro atoms. The molecule has 0 aromatic heterocycles. The Bertz CT molecular complexity index is 332. The summed E-state index contributed by atoms with van der Waals surface area (Å²) < 4.78 is 11.3. The smallest absolute Gasteiger partial charge is 0.407 e. The normalized spacial score (nSPS) is 14.7. The van der Waals surface area contributed by atoms with Crippen LogP contribution >= 0.6 is 0 Å². The van der Waals surface area contributed by atoms with Crippen LogP contribution < -0.4 is 5.32 Å². The number of amides is 1. The summed E-state index contributed by atoms with van der Waals surface area (Å²) >= 11 is 0. The average molecular weight is 320 g/mol. The number of hydrogen-bond acceptors (Lipinski definition) is 4. The molecular weight excluding hydrogens is 286 g/mol. The van der Waals surface area contributed by atoms with Gasteiger partial charge < -0.3 is 19.6 Å². The molecular formula is C15H33NO4Si. The van der Waals surface area contributed by atoms with Gasteiger partial charge in [0.15, 0.2) is 8.32 Å². The van der Waals surface area contributed by atoms with Gasteiger partial charge in [-0.3, -0.25) is 0 Å². The Balaban J connectivity index is 4.27. The fourth-order valence-electron chi connectivity index (χ4n) is 1.43. The van der Waals surface area contributed by atoms with E-state index in [0.29, 0.717) is 13.0 Å². The van der Waals surface area contributed by atoms with Crippen molar-refractivity contribution >= 4 is 14.4 Å². The highest BCUT2D eigenvalue weighted by molar-refractivity contribution is 6.74. The van der Waals surface area contributed by atoms with Crippen molar-refractivity contribution in [3.8, 4) is 0 Å². The molecule has 1 amide bonds. The van der Waals surface area contributed by atoms with Gasteiger partial charge >= 0.3 is 6.09 Å². The molecule has 0 bridgehead atoms. The Morgan fingerprint density at radius 1 is 1.19 bits per heavy atom. The van der Waals surface area contributed by atoms with Gasteiger partial charge in [0, 0.05) is 6.54 Å². The molecule has 0 heterocycles. The van der Waals surface area contributed by atoms with Crippen LogP contribution in [-0.2, 0) is 9.16 Å². The van der Waals surface area contributed by atoms with E-state index in [1.54, 1.807) is 0 Å². The predicted octanol–water partition coefficient (Wildman–Crippen LogP) is 3.28. The first-order valence-corrected chi connectivity index (χ1v) is 10.4. The number of nitrogens with one attached hydrogen (secondary N) is 1. The zero-order chi connectivity index (χ0) is 16.9. The van der Waals surface area contributed by atoms with Crippen molar-refractivity contribution in [2.24, 2.45) is 0 Å². The van der Waals surface area contributed by atoms with Crippen molar-refractivity contribution in [2.75, 3.05) is 13.2 Å². The van der Waals surface area contributed by atoms with Crippen molar-refractivity contribution in [3.63, 3.8) is 0 Å². The van der Waals surface area contributed by atoms with Crippen LogP contribution in [0.25, 0.3) is 0 Å². The van der Waals surface area contributed by atoms with E-state index < -0.39 is 20.0 Å². The topological polar surface area (TPSA) is 67.8 Å². The lowest BCUT2D eigenvalue weighted by Gasteiger charge is -2.39. The van der Waals surface area contributed by atoms with Gasteiger partial charge in [-0.1, -0.05) is 20.8 Å². The van der Waals surface area contributed by atoms with Crippen LogP contribution in [0.3, 0.4) is 0 Å². The quantitative estimate of drug-likeness (QED) is 0.737. The van der Waals surface area contributed by atoms with Crippen molar-refractivity contribution in [1.29, 1.82) is 0 Å². The summed E-state index contributed by atoms with van der Waals surface area (Å²) in [4.78, 5) is 11.5. The summed E-state index contributed by atoms with van der Waals surface area (Å²) in [5.74, 6) is 0. The van der Waals surface area contributed by atoms with E-state index in [1.165, 1.54) is 0 Å². The molecule has 6 heteroatoms. The van der Waals surface area contributed by atoms with Crippen LogP contribution in [0, 0.1) is 0 Å². The lowest BCUT2D eigenvalue weighted by molar-refractivity contribution is 0.0506. The van der Waals surface area contributed by atoms with Crippen LogP contribution in [0.1, 0.15) is 48.0 Å². The van der Waals surface area contributed by atoms with Gasteiger partial charge in [0.2, 0.25) is 0 Å². The van der Waals surface area contributed by atoms with Crippen molar-refractivity contribution in [2.45, 2.75) is 77.8 Å². The lowest BCUT2D eigenvalue weighted by Crippen LogP contribution is -2.45. The largest absolute Gasteiger partial charge is 0.444 e. The molecule has 0 fully saturated rings. The highest BCUT2D eigenvalue weighted by Gasteiger charge is 2.38. The second kappa shape index (κ2) is 7.60. The van der Waals surface area contributed by atoms with E-state index in [4.69, 9.17) is 9.16 Å². The molecule has 0 aliphatic carbocycles. The first-order chi connectivity index (χ1) is 9.28. The number of carbonyl (C=O) groups excluding carboxylic acids is 1. The van der Waals surface area contributed by atoms with Crippen molar-refractivity contribution < 1.29 is 19.1 Å². The molecule has 2 N–H and O–H groups in total. The molecule has 0 aromatic rings. The van der Waals surface area contributed by atoms with Gasteiger partial charge in [-0.05, 0) is 45.3 Å². The van der Waals surface area contributed by atoms with Gasteiger partial charge in [-0.25, -0.2) is 4.79 Å². The number of carbonyl (C=O) groups is 1. The van der Waals surface area contributed by atoms with E-state index >= 15 is 0 Å². The van der Waals surface area contributed by atoms with E-state index in [-0.39, 0.29) is 17.7 Å². The van der Waals surface area contributed by atoms with Gasteiger partial charge in [0.05, 0.1) is 12.7 Å². The number of alkyl carbamates (subject to hydrolysis) is 1. The maximum absolute atomic E-state index is 11.5. The van der Waals surface area contributed by atoms with Crippen LogP contribution in [0.4, 0.5) is 4.79 Å². The zero-order valence-corrected chi connectivity index (χ0v) is 15.9. The summed E-state index contributed by atoms with van der Waals surface area (Å²) in [6.45, 7) is 16.6. The molecule has 0 aliphatic rings. The standard InChI is InChI=1S/C15H33NO4Si/c1-14(2,3)19-13(18)16-10-9-12(11-17)20-21(7,8)15(4,5)6/h12,17H,9-11H2,1-8H3,(H,16,18). The third-order valence-corrected chi connectivity index (χ3v) is 8.14. The number of aliphatic hydroxyl groups excluding tert-OH is 1. The van der Waals surface area contributed by atoms with Crippen LogP contribution in [-0.4, -0.2) is 44.4 Å². The highest BCUT2D eigenvalue weighted by Crippen LogP contribution is 2.37. The fraction of sp³-hybridized carbons (Fsp3) is 0.933. The number of ether oxygens (including phenoxy) is 1. The Kier molecular flexibility index (Phi) is 7.39. The molecule has 0 aromatic carbocycles. The van der Waals surface area contributed by atoms with Gasteiger partial charge in [-0.2, -0.15) is 0 Å². The van der Waals surface area contributed by atoms with Gasteiger partial charge in [0.1, 0.15) is 5.60 Å². The molecule has 1 unspecified atom stereocenters. The molecule has 126 valence electrons. The second-order valence-electron chi connectivity index (χ2n) is 7.90. The minimum Gasteiger partial charge on any atom is -0.444 e. The lowest BCUT2D eigenvalue weighted by atomic mass is 10.2. The summed E-state index contributed by atoms with van der Waals surface area (Å²) in [5.41, 5.74) is -0.502. The Hall–Kier alpha value is -0.593. The van der Waals surface area contributed by atoms with Gasteiger partial charge in [-0.15, -0.1) is 0 Å². The number of aliphatic hydroxyl groups is 1. The molecule has 1 atom stereocenters. The van der Waals surface area contributed by atoms with Crippen LogP contribution in [0.5, 0.6) is 0 Å². The summed E-state index contributed by atoms with van der Waals surface area (Å²) in [6, 6.07) is 0. The van der Waals surface area contributed by atoms with Gasteiger partial charge in [0.25, 0.3) is 0 Å². The molecule has 0 rings (SSSR count).